The molecule has 0 saturated heterocycles. The lowest BCUT2D eigenvalue weighted by Gasteiger charge is -2.09. The molecule has 2 aromatic rings. The van der Waals surface area contributed by atoms with Crippen LogP contribution in [-0.4, -0.2) is 24.6 Å². The van der Waals surface area contributed by atoms with E-state index in [1.165, 1.54) is 18.3 Å². The number of nitrogens with zero attached hydrogens (tertiary/aromatic N) is 1. The molecule has 0 spiro atoms. The standard InChI is InChI=1S/C19H20FN3O3/c1-2-10-21-18(24)19(25)23-22-12-15-7-3-4-9-17(15)26-13-14-6-5-8-16(20)11-14/h3-9,11-12H,2,10,13H2,1H3,(H,21,24)(H,23,25)/b22-12-. The third-order valence-corrected chi connectivity index (χ3v) is 3.31. The van der Waals surface area contributed by atoms with Gasteiger partial charge < -0.3 is 10.1 Å². The van der Waals surface area contributed by atoms with E-state index >= 15 is 0 Å². The predicted molar refractivity (Wildman–Crippen MR) is 96.2 cm³/mol. The van der Waals surface area contributed by atoms with Crippen LogP contribution in [0.25, 0.3) is 0 Å². The zero-order valence-electron chi connectivity index (χ0n) is 14.4. The van der Waals surface area contributed by atoms with Crippen LogP contribution in [0.3, 0.4) is 0 Å². The molecule has 7 heteroatoms. The Bertz CT molecular complexity index is 793. The summed E-state index contributed by atoms with van der Waals surface area (Å²) in [4.78, 5) is 23.0. The van der Waals surface area contributed by atoms with Gasteiger partial charge in [-0.15, -0.1) is 0 Å². The Morgan fingerprint density at radius 2 is 1.96 bits per heavy atom. The van der Waals surface area contributed by atoms with Gasteiger partial charge in [-0.3, -0.25) is 9.59 Å². The summed E-state index contributed by atoms with van der Waals surface area (Å²) in [6.07, 6.45) is 2.12. The van der Waals surface area contributed by atoms with Gasteiger partial charge in [0.1, 0.15) is 18.2 Å². The number of carbonyl (C=O) groups excluding carboxylic acids is 2. The smallest absolute Gasteiger partial charge is 0.329 e. The number of amides is 2. The number of ether oxygens (including phenoxy) is 1. The molecule has 0 aliphatic heterocycles. The van der Waals surface area contributed by atoms with E-state index in [4.69, 9.17) is 4.74 Å². The number of carbonyl (C=O) groups is 2. The normalized spacial score (nSPS) is 10.5. The van der Waals surface area contributed by atoms with Crippen molar-refractivity contribution >= 4 is 18.0 Å². The zero-order chi connectivity index (χ0) is 18.8. The van der Waals surface area contributed by atoms with Crippen molar-refractivity contribution in [3.8, 4) is 5.75 Å². The number of hydrazone groups is 1. The third-order valence-electron chi connectivity index (χ3n) is 3.31. The van der Waals surface area contributed by atoms with Crippen molar-refractivity contribution in [3.05, 3.63) is 65.5 Å². The molecule has 0 aliphatic rings. The quantitative estimate of drug-likeness (QED) is 0.454. The van der Waals surface area contributed by atoms with Crippen LogP contribution in [0.4, 0.5) is 4.39 Å². The molecule has 0 aromatic heterocycles. The lowest BCUT2D eigenvalue weighted by molar-refractivity contribution is -0.139. The number of nitrogens with one attached hydrogen (secondary N) is 2. The molecule has 2 amide bonds. The molecule has 0 radical (unpaired) electrons. The molecular formula is C19H20FN3O3. The maximum atomic E-state index is 13.2. The van der Waals surface area contributed by atoms with E-state index in [0.29, 0.717) is 23.4 Å². The van der Waals surface area contributed by atoms with Gasteiger partial charge in [-0.2, -0.15) is 5.10 Å². The van der Waals surface area contributed by atoms with Gasteiger partial charge in [0, 0.05) is 12.1 Å². The average molecular weight is 357 g/mol. The summed E-state index contributed by atoms with van der Waals surface area (Å²) in [7, 11) is 0. The fraction of sp³-hybridized carbons (Fsp3) is 0.211. The van der Waals surface area contributed by atoms with Crippen molar-refractivity contribution in [2.75, 3.05) is 6.54 Å². The van der Waals surface area contributed by atoms with Crippen LogP contribution in [0.2, 0.25) is 0 Å². The van der Waals surface area contributed by atoms with Crippen molar-refractivity contribution in [2.24, 2.45) is 5.10 Å². The molecule has 0 bridgehead atoms. The first-order chi connectivity index (χ1) is 12.6. The molecule has 0 unspecified atom stereocenters. The maximum absolute atomic E-state index is 13.2. The van der Waals surface area contributed by atoms with Gasteiger partial charge in [-0.05, 0) is 36.2 Å². The second-order valence-corrected chi connectivity index (χ2v) is 5.41. The molecule has 2 N–H and O–H groups in total. The maximum Gasteiger partial charge on any atom is 0.329 e. The second kappa shape index (κ2) is 9.93. The van der Waals surface area contributed by atoms with Crippen molar-refractivity contribution in [2.45, 2.75) is 20.0 Å². The van der Waals surface area contributed by atoms with E-state index in [2.05, 4.69) is 15.8 Å². The van der Waals surface area contributed by atoms with E-state index in [1.807, 2.05) is 6.92 Å². The van der Waals surface area contributed by atoms with Crippen molar-refractivity contribution in [3.63, 3.8) is 0 Å². The SMILES string of the molecule is CCCNC(=O)C(=O)N/N=C\c1ccccc1OCc1cccc(F)c1. The van der Waals surface area contributed by atoms with Crippen LogP contribution in [0.5, 0.6) is 5.75 Å². The Morgan fingerprint density at radius 3 is 2.73 bits per heavy atom. The Labute approximate surface area is 151 Å². The van der Waals surface area contributed by atoms with Gasteiger partial charge in [0.05, 0.1) is 6.21 Å². The van der Waals surface area contributed by atoms with Crippen LogP contribution < -0.4 is 15.5 Å². The molecule has 0 atom stereocenters. The zero-order valence-corrected chi connectivity index (χ0v) is 14.4. The summed E-state index contributed by atoms with van der Waals surface area (Å²) in [6, 6.07) is 13.2. The third kappa shape index (κ3) is 6.01. The summed E-state index contributed by atoms with van der Waals surface area (Å²) < 4.78 is 18.9. The highest BCUT2D eigenvalue weighted by Gasteiger charge is 2.11. The van der Waals surface area contributed by atoms with Crippen LogP contribution in [0, 0.1) is 5.82 Å². The predicted octanol–water partition coefficient (Wildman–Crippen LogP) is 2.38. The van der Waals surface area contributed by atoms with Gasteiger partial charge in [0.2, 0.25) is 0 Å². The van der Waals surface area contributed by atoms with Gasteiger partial charge >= 0.3 is 11.8 Å². The molecule has 6 nitrogen and oxygen atoms in total. The number of hydrogen-bond acceptors (Lipinski definition) is 4. The van der Waals surface area contributed by atoms with Crippen LogP contribution in [-0.2, 0) is 16.2 Å². The molecule has 0 aliphatic carbocycles. The number of para-hydroxylation sites is 1. The first kappa shape index (κ1) is 19.1. The Hall–Kier alpha value is -3.22. The first-order valence-corrected chi connectivity index (χ1v) is 8.17. The minimum Gasteiger partial charge on any atom is -0.488 e. The van der Waals surface area contributed by atoms with Crippen molar-refractivity contribution in [1.29, 1.82) is 0 Å². The van der Waals surface area contributed by atoms with Gasteiger partial charge in [-0.25, -0.2) is 9.82 Å². The van der Waals surface area contributed by atoms with Crippen LogP contribution in [0.15, 0.2) is 53.6 Å². The summed E-state index contributed by atoms with van der Waals surface area (Å²) in [6.45, 7) is 2.50. The Morgan fingerprint density at radius 1 is 1.15 bits per heavy atom. The molecular weight excluding hydrogens is 337 g/mol. The molecule has 0 fully saturated rings. The highest BCUT2D eigenvalue weighted by molar-refractivity contribution is 6.35. The lowest BCUT2D eigenvalue weighted by Crippen LogP contribution is -2.38. The number of halogens is 1. The monoisotopic (exact) mass is 357 g/mol. The van der Waals surface area contributed by atoms with E-state index in [9.17, 15) is 14.0 Å². The molecule has 2 rings (SSSR count). The fourth-order valence-corrected chi connectivity index (χ4v) is 2.04. The topological polar surface area (TPSA) is 79.8 Å². The van der Waals surface area contributed by atoms with E-state index in [-0.39, 0.29) is 12.4 Å². The number of hydrogen-bond donors (Lipinski definition) is 2. The molecule has 26 heavy (non-hydrogen) atoms. The Kier molecular flexibility index (Phi) is 7.30. The number of rotatable bonds is 7. The van der Waals surface area contributed by atoms with Crippen molar-refractivity contribution in [1.82, 2.24) is 10.7 Å². The minimum absolute atomic E-state index is 0.189. The summed E-state index contributed by atoms with van der Waals surface area (Å²) in [5.74, 6) is -1.39. The molecule has 2 aromatic carbocycles. The Balaban J connectivity index is 1.95. The fourth-order valence-electron chi connectivity index (χ4n) is 2.04. The average Bonchev–Trinajstić information content (AvgIpc) is 2.65. The van der Waals surface area contributed by atoms with Gasteiger partial charge in [0.15, 0.2) is 0 Å². The molecule has 0 saturated carbocycles. The van der Waals surface area contributed by atoms with Crippen LogP contribution in [0.1, 0.15) is 24.5 Å². The van der Waals surface area contributed by atoms with E-state index in [0.717, 1.165) is 6.42 Å². The van der Waals surface area contributed by atoms with E-state index in [1.54, 1.807) is 36.4 Å². The molecule has 0 heterocycles. The van der Waals surface area contributed by atoms with Gasteiger partial charge in [0.25, 0.3) is 0 Å². The second-order valence-electron chi connectivity index (χ2n) is 5.41. The van der Waals surface area contributed by atoms with E-state index < -0.39 is 11.8 Å². The summed E-state index contributed by atoms with van der Waals surface area (Å²) in [5, 5.41) is 6.23. The first-order valence-electron chi connectivity index (χ1n) is 8.17. The van der Waals surface area contributed by atoms with Gasteiger partial charge in [-0.1, -0.05) is 31.2 Å². The number of benzene rings is 2. The van der Waals surface area contributed by atoms with Crippen LogP contribution >= 0.6 is 0 Å². The highest BCUT2D eigenvalue weighted by Crippen LogP contribution is 2.17. The largest absolute Gasteiger partial charge is 0.488 e. The van der Waals surface area contributed by atoms with Crippen molar-refractivity contribution < 1.29 is 18.7 Å². The lowest BCUT2D eigenvalue weighted by atomic mass is 10.2. The highest BCUT2D eigenvalue weighted by atomic mass is 19.1. The molecule has 136 valence electrons. The summed E-state index contributed by atoms with van der Waals surface area (Å²) in [5.41, 5.74) is 3.46. The minimum atomic E-state index is -0.840. The summed E-state index contributed by atoms with van der Waals surface area (Å²) >= 11 is 0.